The van der Waals surface area contributed by atoms with E-state index < -0.39 is 6.10 Å². The Bertz CT molecular complexity index is 545. The highest BCUT2D eigenvalue weighted by Gasteiger charge is 2.10. The number of nitrogens with zero attached hydrogens (tertiary/aromatic N) is 1. The molecule has 1 N–H and O–H groups in total. The van der Waals surface area contributed by atoms with Gasteiger partial charge in [0.1, 0.15) is 12.4 Å². The fraction of sp³-hybridized carbons (Fsp3) is 0.267. The standard InChI is InChI=1S/C15H17NO3S/c1-12-5-7-14(8-6-12)19-10-13(17)11-20-15-4-2-3-9-16(15)18/h2-9,13,17H,10-11H2,1H3. The van der Waals surface area contributed by atoms with Crippen LogP contribution in [0.2, 0.25) is 0 Å². The van der Waals surface area contributed by atoms with Crippen LogP contribution in [-0.2, 0) is 0 Å². The van der Waals surface area contributed by atoms with Crippen LogP contribution in [0.15, 0.2) is 53.7 Å². The second kappa shape index (κ2) is 7.17. The Morgan fingerprint density at radius 3 is 2.70 bits per heavy atom. The minimum absolute atomic E-state index is 0.210. The first-order chi connectivity index (χ1) is 9.65. The van der Waals surface area contributed by atoms with Gasteiger partial charge < -0.3 is 15.1 Å². The SMILES string of the molecule is Cc1ccc(OCC(O)CSc2cccc[n+]2[O-])cc1. The smallest absolute Gasteiger partial charge is 0.251 e. The lowest BCUT2D eigenvalue weighted by Gasteiger charge is -2.12. The summed E-state index contributed by atoms with van der Waals surface area (Å²) in [4.78, 5) is 0. The van der Waals surface area contributed by atoms with Crippen molar-refractivity contribution in [1.29, 1.82) is 0 Å². The molecule has 2 rings (SSSR count). The van der Waals surface area contributed by atoms with Crippen molar-refractivity contribution >= 4 is 11.8 Å². The zero-order valence-corrected chi connectivity index (χ0v) is 12.0. The highest BCUT2D eigenvalue weighted by Crippen LogP contribution is 2.15. The number of aromatic nitrogens is 1. The number of rotatable bonds is 6. The molecule has 1 heterocycles. The highest BCUT2D eigenvalue weighted by molar-refractivity contribution is 7.99. The third-order valence-corrected chi connectivity index (χ3v) is 3.84. The van der Waals surface area contributed by atoms with E-state index in [2.05, 4.69) is 0 Å². The maximum atomic E-state index is 11.4. The third kappa shape index (κ3) is 4.43. The van der Waals surface area contributed by atoms with E-state index in [4.69, 9.17) is 4.74 Å². The maximum absolute atomic E-state index is 11.4. The van der Waals surface area contributed by atoms with Gasteiger partial charge in [-0.3, -0.25) is 0 Å². The molecule has 0 aliphatic carbocycles. The lowest BCUT2D eigenvalue weighted by molar-refractivity contribution is -0.645. The van der Waals surface area contributed by atoms with Crippen molar-refractivity contribution in [2.24, 2.45) is 0 Å². The summed E-state index contributed by atoms with van der Waals surface area (Å²) in [5.41, 5.74) is 1.16. The molecule has 2 aromatic rings. The monoisotopic (exact) mass is 291 g/mol. The van der Waals surface area contributed by atoms with Crippen molar-refractivity contribution in [3.05, 3.63) is 59.4 Å². The summed E-state index contributed by atoms with van der Waals surface area (Å²) in [7, 11) is 0. The molecule has 4 nitrogen and oxygen atoms in total. The minimum atomic E-state index is -0.624. The van der Waals surface area contributed by atoms with Gasteiger partial charge in [0.05, 0.1) is 6.10 Å². The van der Waals surface area contributed by atoms with E-state index >= 15 is 0 Å². The average molecular weight is 291 g/mol. The van der Waals surface area contributed by atoms with Crippen LogP contribution >= 0.6 is 11.8 Å². The second-order valence-corrected chi connectivity index (χ2v) is 5.49. The lowest BCUT2D eigenvalue weighted by Crippen LogP contribution is -2.29. The molecule has 0 spiro atoms. The molecule has 0 bridgehead atoms. The summed E-state index contributed by atoms with van der Waals surface area (Å²) < 4.78 is 6.28. The normalized spacial score (nSPS) is 12.1. The Hall–Kier alpha value is -1.72. The van der Waals surface area contributed by atoms with Crippen molar-refractivity contribution in [3.8, 4) is 5.75 Å². The van der Waals surface area contributed by atoms with Gasteiger partial charge in [0.2, 0.25) is 0 Å². The Morgan fingerprint density at radius 2 is 2.00 bits per heavy atom. The number of benzene rings is 1. The number of hydrogen-bond acceptors (Lipinski definition) is 4. The van der Waals surface area contributed by atoms with Gasteiger partial charge >= 0.3 is 0 Å². The van der Waals surface area contributed by atoms with E-state index in [1.165, 1.54) is 18.0 Å². The molecule has 0 saturated heterocycles. The molecular formula is C15H17NO3S. The molecule has 1 unspecified atom stereocenters. The quantitative estimate of drug-likeness (QED) is 0.503. The van der Waals surface area contributed by atoms with Crippen molar-refractivity contribution < 1.29 is 14.6 Å². The molecule has 1 aromatic carbocycles. The van der Waals surface area contributed by atoms with E-state index in [1.54, 1.807) is 18.2 Å². The van der Waals surface area contributed by atoms with Crippen LogP contribution in [0.5, 0.6) is 5.75 Å². The number of aliphatic hydroxyl groups excluding tert-OH is 1. The summed E-state index contributed by atoms with van der Waals surface area (Å²) in [5, 5.41) is 21.9. The van der Waals surface area contributed by atoms with Crippen molar-refractivity contribution in [2.45, 2.75) is 18.1 Å². The Balaban J connectivity index is 1.77. The average Bonchev–Trinajstić information content (AvgIpc) is 2.46. The molecule has 0 aliphatic rings. The van der Waals surface area contributed by atoms with Crippen LogP contribution in [0.4, 0.5) is 0 Å². The summed E-state index contributed by atoms with van der Waals surface area (Å²) in [6.45, 7) is 2.22. The topological polar surface area (TPSA) is 56.4 Å². The number of aliphatic hydroxyl groups is 1. The Labute approximate surface area is 122 Å². The molecule has 20 heavy (non-hydrogen) atoms. The van der Waals surface area contributed by atoms with Gasteiger partial charge in [-0.1, -0.05) is 29.5 Å². The van der Waals surface area contributed by atoms with Crippen LogP contribution in [-0.4, -0.2) is 23.6 Å². The minimum Gasteiger partial charge on any atom is -0.618 e. The zero-order valence-electron chi connectivity index (χ0n) is 11.2. The zero-order chi connectivity index (χ0) is 14.4. The predicted molar refractivity (Wildman–Crippen MR) is 78.8 cm³/mol. The third-order valence-electron chi connectivity index (χ3n) is 2.68. The maximum Gasteiger partial charge on any atom is 0.251 e. The van der Waals surface area contributed by atoms with Crippen molar-refractivity contribution in [3.63, 3.8) is 0 Å². The van der Waals surface area contributed by atoms with Gasteiger partial charge in [-0.25, -0.2) is 0 Å². The number of aryl methyl sites for hydroxylation is 1. The van der Waals surface area contributed by atoms with Crippen LogP contribution in [0.3, 0.4) is 0 Å². The number of thioether (sulfide) groups is 1. The van der Waals surface area contributed by atoms with E-state index in [0.717, 1.165) is 16.0 Å². The lowest BCUT2D eigenvalue weighted by atomic mass is 10.2. The van der Waals surface area contributed by atoms with Gasteiger partial charge in [0, 0.05) is 17.9 Å². The molecule has 5 heteroatoms. The molecule has 0 aliphatic heterocycles. The van der Waals surface area contributed by atoms with Crippen LogP contribution in [0.1, 0.15) is 5.56 Å². The summed E-state index contributed by atoms with van der Waals surface area (Å²) in [5.74, 6) is 1.15. The Kier molecular flexibility index (Phi) is 5.26. The van der Waals surface area contributed by atoms with Gasteiger partial charge in [0.15, 0.2) is 6.20 Å². The van der Waals surface area contributed by atoms with E-state index in [0.29, 0.717) is 10.8 Å². The summed E-state index contributed by atoms with van der Waals surface area (Å²) in [6, 6.07) is 12.9. The highest BCUT2D eigenvalue weighted by atomic mass is 32.2. The second-order valence-electron chi connectivity index (χ2n) is 4.45. The Morgan fingerprint density at radius 1 is 1.25 bits per heavy atom. The van der Waals surface area contributed by atoms with Gasteiger partial charge in [-0.05, 0) is 25.1 Å². The molecular weight excluding hydrogens is 274 g/mol. The molecule has 0 fully saturated rings. The van der Waals surface area contributed by atoms with Crippen LogP contribution in [0.25, 0.3) is 0 Å². The summed E-state index contributed by atoms with van der Waals surface area (Å²) >= 11 is 1.31. The fourth-order valence-corrected chi connectivity index (χ4v) is 2.40. The van der Waals surface area contributed by atoms with Crippen LogP contribution < -0.4 is 9.47 Å². The van der Waals surface area contributed by atoms with Gasteiger partial charge in [-0.15, -0.1) is 0 Å². The largest absolute Gasteiger partial charge is 0.618 e. The van der Waals surface area contributed by atoms with Gasteiger partial charge in [-0.2, -0.15) is 4.73 Å². The number of pyridine rings is 1. The first-order valence-electron chi connectivity index (χ1n) is 6.33. The number of ether oxygens (including phenoxy) is 1. The van der Waals surface area contributed by atoms with Gasteiger partial charge in [0.25, 0.3) is 5.03 Å². The molecule has 0 radical (unpaired) electrons. The molecule has 1 atom stereocenters. The first kappa shape index (κ1) is 14.7. The van der Waals surface area contributed by atoms with E-state index in [9.17, 15) is 10.3 Å². The fourth-order valence-electron chi connectivity index (χ4n) is 1.58. The summed E-state index contributed by atoms with van der Waals surface area (Å²) in [6.07, 6.45) is 0.818. The number of hydrogen-bond donors (Lipinski definition) is 1. The van der Waals surface area contributed by atoms with E-state index in [1.807, 2.05) is 31.2 Å². The van der Waals surface area contributed by atoms with E-state index in [-0.39, 0.29) is 6.61 Å². The van der Waals surface area contributed by atoms with Crippen molar-refractivity contribution in [2.75, 3.05) is 12.4 Å². The molecule has 106 valence electrons. The molecule has 0 amide bonds. The van der Waals surface area contributed by atoms with Crippen LogP contribution in [0, 0.1) is 12.1 Å². The molecule has 0 saturated carbocycles. The van der Waals surface area contributed by atoms with Crippen molar-refractivity contribution in [1.82, 2.24) is 0 Å². The first-order valence-corrected chi connectivity index (χ1v) is 7.32. The molecule has 1 aromatic heterocycles. The predicted octanol–water partition coefficient (Wildman–Crippen LogP) is 2.16.